The van der Waals surface area contributed by atoms with Gasteiger partial charge >= 0.3 is 5.97 Å². The van der Waals surface area contributed by atoms with Gasteiger partial charge in [0.2, 0.25) is 0 Å². The maximum atomic E-state index is 13.0. The van der Waals surface area contributed by atoms with Crippen LogP contribution in [0.3, 0.4) is 0 Å². The number of benzene rings is 1. The molecule has 2 fully saturated rings. The largest absolute Gasteiger partial charge is 0.455 e. The van der Waals surface area contributed by atoms with E-state index in [1.165, 1.54) is 30.7 Å². The van der Waals surface area contributed by atoms with Crippen LogP contribution in [0.15, 0.2) is 24.3 Å². The van der Waals surface area contributed by atoms with Gasteiger partial charge in [-0.2, -0.15) is 0 Å². The highest BCUT2D eigenvalue weighted by Gasteiger charge is 2.31. The number of rotatable bonds is 5. The van der Waals surface area contributed by atoms with Crippen molar-refractivity contribution in [1.82, 2.24) is 10.2 Å². The number of ether oxygens (including phenoxy) is 1. The second-order valence-electron chi connectivity index (χ2n) is 8.62. The summed E-state index contributed by atoms with van der Waals surface area (Å²) in [6.45, 7) is 4.96. The second kappa shape index (κ2) is 10.0. The van der Waals surface area contributed by atoms with Gasteiger partial charge in [-0.05, 0) is 55.4 Å². The first-order valence-electron chi connectivity index (χ1n) is 10.9. The molecule has 1 aliphatic carbocycles. The fraction of sp³-hybridized carbons (Fsp3) is 0.609. The van der Waals surface area contributed by atoms with E-state index >= 15 is 0 Å². The number of piperidine rings is 1. The molecule has 7 heteroatoms. The summed E-state index contributed by atoms with van der Waals surface area (Å²) in [5.74, 6) is -0.511. The second-order valence-corrected chi connectivity index (χ2v) is 8.62. The Morgan fingerprint density at radius 2 is 1.73 bits per heavy atom. The Balaban J connectivity index is 1.40. The van der Waals surface area contributed by atoms with Crippen molar-refractivity contribution in [1.29, 1.82) is 0 Å². The molecule has 1 heterocycles. The third-order valence-electron chi connectivity index (χ3n) is 6.61. The van der Waals surface area contributed by atoms with Gasteiger partial charge < -0.3 is 15.0 Å². The Bertz CT molecular complexity index is 759. The fourth-order valence-electron chi connectivity index (χ4n) is 4.38. The molecule has 30 heavy (non-hydrogen) atoms. The third kappa shape index (κ3) is 5.58. The first-order valence-corrected chi connectivity index (χ1v) is 10.9. The molecule has 0 unspecified atom stereocenters. The molecule has 2 amide bonds. The summed E-state index contributed by atoms with van der Waals surface area (Å²) in [6.07, 6.45) is 4.23. The molecule has 3 atom stereocenters. The highest BCUT2D eigenvalue weighted by Crippen LogP contribution is 2.29. The number of halogens is 1. The van der Waals surface area contributed by atoms with Gasteiger partial charge in [-0.1, -0.05) is 26.7 Å². The van der Waals surface area contributed by atoms with E-state index in [-0.39, 0.29) is 42.2 Å². The predicted molar refractivity (Wildman–Crippen MR) is 110 cm³/mol. The lowest BCUT2D eigenvalue weighted by molar-refractivity contribution is -0.154. The maximum absolute atomic E-state index is 13.0. The van der Waals surface area contributed by atoms with Crippen LogP contribution in [-0.4, -0.2) is 48.4 Å². The van der Waals surface area contributed by atoms with Crippen molar-refractivity contribution in [2.24, 2.45) is 17.8 Å². The first kappa shape index (κ1) is 22.2. The van der Waals surface area contributed by atoms with Crippen molar-refractivity contribution in [3.8, 4) is 0 Å². The number of esters is 1. The number of nitrogens with zero attached hydrogens (tertiary/aromatic N) is 1. The summed E-state index contributed by atoms with van der Waals surface area (Å²) in [5, 5.41) is 3.01. The van der Waals surface area contributed by atoms with Crippen LogP contribution in [-0.2, 0) is 14.3 Å². The quantitative estimate of drug-likeness (QED) is 0.746. The fourth-order valence-corrected chi connectivity index (χ4v) is 4.38. The minimum absolute atomic E-state index is 0.140. The number of carbonyl (C=O) groups excluding carboxylic acids is 3. The Morgan fingerprint density at radius 1 is 1.07 bits per heavy atom. The van der Waals surface area contributed by atoms with E-state index in [0.29, 0.717) is 43.3 Å². The van der Waals surface area contributed by atoms with E-state index in [2.05, 4.69) is 19.2 Å². The molecular weight excluding hydrogens is 387 g/mol. The number of hydrogen-bond donors (Lipinski definition) is 1. The highest BCUT2D eigenvalue weighted by molar-refractivity contribution is 5.94. The van der Waals surface area contributed by atoms with Crippen LogP contribution in [0.5, 0.6) is 0 Å². The van der Waals surface area contributed by atoms with E-state index in [4.69, 9.17) is 4.74 Å². The molecule has 2 aliphatic rings. The van der Waals surface area contributed by atoms with Gasteiger partial charge in [0.25, 0.3) is 11.8 Å². The molecule has 6 nitrogen and oxygen atoms in total. The predicted octanol–water partition coefficient (Wildman–Crippen LogP) is 3.16. The standard InChI is InChI=1S/C23H31FN2O4/c1-15-4-3-5-20(16(15)2)25-21(27)14-30-23(29)18-10-12-26(13-11-18)22(28)17-6-8-19(24)9-7-17/h6-9,15-16,18,20H,3-5,10-14H2,1-2H3,(H,25,27)/t15-,16-,20+/m1/s1. The van der Waals surface area contributed by atoms with Crippen LogP contribution in [0, 0.1) is 23.6 Å². The van der Waals surface area contributed by atoms with Crippen LogP contribution in [0.2, 0.25) is 0 Å². The van der Waals surface area contributed by atoms with E-state index in [9.17, 15) is 18.8 Å². The topological polar surface area (TPSA) is 75.7 Å². The summed E-state index contributed by atoms with van der Waals surface area (Å²) >= 11 is 0. The van der Waals surface area contributed by atoms with Gasteiger partial charge in [-0.15, -0.1) is 0 Å². The number of likely N-dealkylation sites (tertiary alicyclic amines) is 1. The van der Waals surface area contributed by atoms with Crippen molar-refractivity contribution in [3.05, 3.63) is 35.6 Å². The van der Waals surface area contributed by atoms with E-state index < -0.39 is 0 Å². The minimum atomic E-state index is -0.385. The van der Waals surface area contributed by atoms with Crippen molar-refractivity contribution < 1.29 is 23.5 Å². The molecule has 1 aromatic rings. The summed E-state index contributed by atoms with van der Waals surface area (Å²) in [4.78, 5) is 38.7. The van der Waals surface area contributed by atoms with Crippen LogP contribution in [0.25, 0.3) is 0 Å². The zero-order valence-electron chi connectivity index (χ0n) is 17.7. The Labute approximate surface area is 177 Å². The van der Waals surface area contributed by atoms with Crippen LogP contribution < -0.4 is 5.32 Å². The van der Waals surface area contributed by atoms with Crippen LogP contribution in [0.1, 0.15) is 56.3 Å². The number of carbonyl (C=O) groups is 3. The SMILES string of the molecule is C[C@@H]1[C@H](C)CCC[C@@H]1NC(=O)COC(=O)C1CCN(C(=O)c2ccc(F)cc2)CC1. The van der Waals surface area contributed by atoms with Gasteiger partial charge in [-0.25, -0.2) is 4.39 Å². The van der Waals surface area contributed by atoms with Gasteiger partial charge in [0.05, 0.1) is 5.92 Å². The third-order valence-corrected chi connectivity index (χ3v) is 6.61. The smallest absolute Gasteiger partial charge is 0.309 e. The molecule has 3 rings (SSSR count). The Kier molecular flexibility index (Phi) is 7.45. The van der Waals surface area contributed by atoms with E-state index in [0.717, 1.165) is 12.8 Å². The number of amides is 2. The zero-order valence-corrected chi connectivity index (χ0v) is 17.7. The molecule has 164 valence electrons. The van der Waals surface area contributed by atoms with Gasteiger partial charge in [-0.3, -0.25) is 14.4 Å². The molecular formula is C23H31FN2O4. The lowest BCUT2D eigenvalue weighted by Crippen LogP contribution is -2.45. The molecule has 1 N–H and O–H groups in total. The normalized spacial score (nSPS) is 24.9. The average Bonchev–Trinajstić information content (AvgIpc) is 2.75. The molecule has 0 spiro atoms. The van der Waals surface area contributed by atoms with Gasteiger partial charge in [0, 0.05) is 24.7 Å². The van der Waals surface area contributed by atoms with E-state index in [1.807, 2.05) is 0 Å². The lowest BCUT2D eigenvalue weighted by Gasteiger charge is -2.34. The molecule has 1 saturated heterocycles. The lowest BCUT2D eigenvalue weighted by atomic mass is 9.78. The first-order chi connectivity index (χ1) is 14.3. The zero-order chi connectivity index (χ0) is 21.7. The van der Waals surface area contributed by atoms with Crippen LogP contribution in [0.4, 0.5) is 4.39 Å². The van der Waals surface area contributed by atoms with Crippen molar-refractivity contribution in [2.75, 3.05) is 19.7 Å². The van der Waals surface area contributed by atoms with E-state index in [1.54, 1.807) is 4.90 Å². The molecule has 0 bridgehead atoms. The highest BCUT2D eigenvalue weighted by atomic mass is 19.1. The monoisotopic (exact) mass is 418 g/mol. The molecule has 1 aromatic carbocycles. The summed E-state index contributed by atoms with van der Waals surface area (Å²) in [6, 6.07) is 5.59. The molecule has 1 saturated carbocycles. The van der Waals surface area contributed by atoms with Gasteiger partial charge in [0.15, 0.2) is 6.61 Å². The van der Waals surface area contributed by atoms with Crippen molar-refractivity contribution in [2.45, 2.75) is 52.0 Å². The number of nitrogens with one attached hydrogen (secondary N) is 1. The minimum Gasteiger partial charge on any atom is -0.455 e. The molecule has 0 aromatic heterocycles. The van der Waals surface area contributed by atoms with Gasteiger partial charge in [0.1, 0.15) is 5.82 Å². The Morgan fingerprint density at radius 3 is 2.40 bits per heavy atom. The summed E-state index contributed by atoms with van der Waals surface area (Å²) in [5.41, 5.74) is 0.431. The molecule has 1 aliphatic heterocycles. The van der Waals surface area contributed by atoms with Crippen molar-refractivity contribution >= 4 is 17.8 Å². The number of hydrogen-bond acceptors (Lipinski definition) is 4. The Hall–Kier alpha value is -2.44. The van der Waals surface area contributed by atoms with Crippen molar-refractivity contribution in [3.63, 3.8) is 0 Å². The maximum Gasteiger partial charge on any atom is 0.309 e. The summed E-state index contributed by atoms with van der Waals surface area (Å²) < 4.78 is 18.3. The summed E-state index contributed by atoms with van der Waals surface area (Å²) in [7, 11) is 0. The van der Waals surface area contributed by atoms with Crippen LogP contribution >= 0.6 is 0 Å². The molecule has 0 radical (unpaired) electrons. The average molecular weight is 419 g/mol.